The van der Waals surface area contributed by atoms with E-state index >= 15 is 0 Å². The predicted molar refractivity (Wildman–Crippen MR) is 93.6 cm³/mol. The van der Waals surface area contributed by atoms with Crippen molar-refractivity contribution < 1.29 is 4.79 Å². The molecule has 0 saturated carbocycles. The summed E-state index contributed by atoms with van der Waals surface area (Å²) in [6, 6.07) is 7.67. The van der Waals surface area contributed by atoms with Crippen molar-refractivity contribution >= 4 is 5.91 Å². The maximum absolute atomic E-state index is 12.1. The summed E-state index contributed by atoms with van der Waals surface area (Å²) in [4.78, 5) is 26.6. The van der Waals surface area contributed by atoms with E-state index in [1.54, 1.807) is 0 Å². The first-order valence-electron chi connectivity index (χ1n) is 8.25. The Morgan fingerprint density at radius 3 is 2.54 bits per heavy atom. The van der Waals surface area contributed by atoms with Crippen molar-refractivity contribution in [1.29, 1.82) is 0 Å². The van der Waals surface area contributed by atoms with E-state index in [0.29, 0.717) is 18.3 Å². The minimum Gasteiger partial charge on any atom is -0.356 e. The molecule has 0 aliphatic heterocycles. The number of H-pyrrole nitrogens is 1. The molecule has 1 aromatic heterocycles. The topological polar surface area (TPSA) is 87.7 Å². The van der Waals surface area contributed by atoms with Crippen LogP contribution in [0.4, 0.5) is 0 Å². The van der Waals surface area contributed by atoms with Gasteiger partial charge in [-0.1, -0.05) is 43.7 Å². The van der Waals surface area contributed by atoms with Crippen LogP contribution >= 0.6 is 0 Å². The molecule has 1 amide bonds. The number of hydrogen-bond donors (Lipinski definition) is 2. The molecule has 0 bridgehead atoms. The fourth-order valence-electron chi connectivity index (χ4n) is 2.19. The molecule has 128 valence electrons. The molecule has 6 heteroatoms. The Hall–Kier alpha value is -2.50. The predicted octanol–water partition coefficient (Wildman–Crippen LogP) is 2.24. The molecule has 1 aromatic carbocycles. The number of aromatic nitrogens is 3. The summed E-state index contributed by atoms with van der Waals surface area (Å²) in [6.07, 6.45) is 1.46. The quantitative estimate of drug-likeness (QED) is 0.816. The van der Waals surface area contributed by atoms with E-state index in [1.807, 2.05) is 31.2 Å². The van der Waals surface area contributed by atoms with Gasteiger partial charge in [-0.25, -0.2) is 0 Å². The molecular formula is C18H24N4O2. The van der Waals surface area contributed by atoms with Crippen molar-refractivity contribution in [3.05, 3.63) is 45.9 Å². The third-order valence-corrected chi connectivity index (χ3v) is 3.72. The Bertz CT molecular complexity index is 735. The second-order valence-corrected chi connectivity index (χ2v) is 6.35. The number of aromatic amines is 1. The summed E-state index contributed by atoms with van der Waals surface area (Å²) in [7, 11) is 0. The third-order valence-electron chi connectivity index (χ3n) is 3.72. The fraction of sp³-hybridized carbons (Fsp3) is 0.444. The van der Waals surface area contributed by atoms with Crippen molar-refractivity contribution in [3.63, 3.8) is 0 Å². The van der Waals surface area contributed by atoms with Gasteiger partial charge in [-0.3, -0.25) is 9.59 Å². The zero-order valence-corrected chi connectivity index (χ0v) is 14.4. The number of hydrogen-bond acceptors (Lipinski definition) is 4. The van der Waals surface area contributed by atoms with Gasteiger partial charge < -0.3 is 10.3 Å². The smallest absolute Gasteiger partial charge is 0.273 e. The number of carbonyl (C=O) groups is 1. The Kier molecular flexibility index (Phi) is 6.23. The highest BCUT2D eigenvalue weighted by atomic mass is 16.1. The van der Waals surface area contributed by atoms with Gasteiger partial charge in [0, 0.05) is 24.9 Å². The van der Waals surface area contributed by atoms with Crippen LogP contribution < -0.4 is 10.9 Å². The number of benzene rings is 1. The summed E-state index contributed by atoms with van der Waals surface area (Å²) >= 11 is 0. The highest BCUT2D eigenvalue weighted by molar-refractivity contribution is 5.76. The first-order chi connectivity index (χ1) is 11.5. The second kappa shape index (κ2) is 8.38. The summed E-state index contributed by atoms with van der Waals surface area (Å²) in [6.45, 7) is 6.87. The lowest BCUT2D eigenvalue weighted by Gasteiger charge is -2.07. The van der Waals surface area contributed by atoms with Crippen LogP contribution in [0.15, 0.2) is 29.1 Å². The Labute approximate surface area is 141 Å². The van der Waals surface area contributed by atoms with Crippen LogP contribution in [0.1, 0.15) is 37.9 Å². The van der Waals surface area contributed by atoms with Crippen molar-refractivity contribution in [2.45, 2.75) is 40.0 Å². The standard InChI is InChI=1S/C18H24N4O2/c1-12(2)10-11-19-16(23)9-8-15-18(24)20-17(22-21-15)14-6-4-13(3)5-7-14/h4-7,12H,8-11H2,1-3H3,(H,19,23)(H,20,22,24). The molecule has 0 atom stereocenters. The van der Waals surface area contributed by atoms with Crippen LogP contribution in [0, 0.1) is 12.8 Å². The van der Waals surface area contributed by atoms with Crippen molar-refractivity contribution in [2.24, 2.45) is 5.92 Å². The molecule has 24 heavy (non-hydrogen) atoms. The SMILES string of the molecule is Cc1ccc(-c2nnc(CCC(=O)NCCC(C)C)c(=O)[nH]2)cc1. The van der Waals surface area contributed by atoms with E-state index < -0.39 is 0 Å². The molecule has 0 fully saturated rings. The maximum atomic E-state index is 12.1. The van der Waals surface area contributed by atoms with Gasteiger partial charge in [0.1, 0.15) is 5.69 Å². The average molecular weight is 328 g/mol. The van der Waals surface area contributed by atoms with Crippen molar-refractivity contribution in [2.75, 3.05) is 6.54 Å². The Morgan fingerprint density at radius 2 is 1.92 bits per heavy atom. The molecule has 1 heterocycles. The minimum atomic E-state index is -0.296. The number of carbonyl (C=O) groups excluding carboxylic acids is 1. The van der Waals surface area contributed by atoms with Gasteiger partial charge in [0.2, 0.25) is 5.91 Å². The monoisotopic (exact) mass is 328 g/mol. The van der Waals surface area contributed by atoms with Crippen LogP contribution in [0.25, 0.3) is 11.4 Å². The van der Waals surface area contributed by atoms with Crippen LogP contribution in [0.5, 0.6) is 0 Å². The summed E-state index contributed by atoms with van der Waals surface area (Å²) in [5.74, 6) is 0.915. The third kappa shape index (κ3) is 5.30. The van der Waals surface area contributed by atoms with Gasteiger partial charge in [0.15, 0.2) is 5.82 Å². The molecule has 6 nitrogen and oxygen atoms in total. The van der Waals surface area contributed by atoms with E-state index in [1.165, 1.54) is 0 Å². The second-order valence-electron chi connectivity index (χ2n) is 6.35. The first-order valence-corrected chi connectivity index (χ1v) is 8.25. The average Bonchev–Trinajstić information content (AvgIpc) is 2.54. The molecule has 0 spiro atoms. The van der Waals surface area contributed by atoms with E-state index in [-0.39, 0.29) is 30.0 Å². The van der Waals surface area contributed by atoms with Gasteiger partial charge in [-0.05, 0) is 19.3 Å². The number of nitrogens with zero attached hydrogens (tertiary/aromatic N) is 2. The molecule has 0 radical (unpaired) electrons. The van der Waals surface area contributed by atoms with Crippen molar-refractivity contribution in [3.8, 4) is 11.4 Å². The van der Waals surface area contributed by atoms with Crippen molar-refractivity contribution in [1.82, 2.24) is 20.5 Å². The maximum Gasteiger partial charge on any atom is 0.273 e. The lowest BCUT2D eigenvalue weighted by Crippen LogP contribution is -2.27. The molecule has 0 unspecified atom stereocenters. The summed E-state index contributed by atoms with van der Waals surface area (Å²) in [5.41, 5.74) is 1.93. The molecule has 2 N–H and O–H groups in total. The highest BCUT2D eigenvalue weighted by Gasteiger charge is 2.09. The first kappa shape index (κ1) is 17.8. The number of rotatable bonds is 7. The summed E-state index contributed by atoms with van der Waals surface area (Å²) in [5, 5.41) is 10.9. The molecule has 2 aromatic rings. The normalized spacial score (nSPS) is 10.8. The fourth-order valence-corrected chi connectivity index (χ4v) is 2.19. The van der Waals surface area contributed by atoms with E-state index in [4.69, 9.17) is 0 Å². The van der Waals surface area contributed by atoms with Gasteiger partial charge in [-0.15, -0.1) is 10.2 Å². The van der Waals surface area contributed by atoms with Crippen LogP contribution in [-0.4, -0.2) is 27.6 Å². The molecule has 2 rings (SSSR count). The van der Waals surface area contributed by atoms with E-state index in [0.717, 1.165) is 17.5 Å². The zero-order valence-electron chi connectivity index (χ0n) is 14.4. The minimum absolute atomic E-state index is 0.0699. The Balaban J connectivity index is 1.94. The highest BCUT2D eigenvalue weighted by Crippen LogP contribution is 2.13. The molecule has 0 aliphatic rings. The van der Waals surface area contributed by atoms with Gasteiger partial charge in [0.05, 0.1) is 0 Å². The number of nitrogens with one attached hydrogen (secondary N) is 2. The van der Waals surface area contributed by atoms with E-state index in [9.17, 15) is 9.59 Å². The number of aryl methyl sites for hydroxylation is 2. The number of amides is 1. The zero-order chi connectivity index (χ0) is 17.5. The van der Waals surface area contributed by atoms with Crippen LogP contribution in [0.2, 0.25) is 0 Å². The largest absolute Gasteiger partial charge is 0.356 e. The molecular weight excluding hydrogens is 304 g/mol. The van der Waals surface area contributed by atoms with Gasteiger partial charge in [0.25, 0.3) is 5.56 Å². The van der Waals surface area contributed by atoms with Gasteiger partial charge in [-0.2, -0.15) is 0 Å². The van der Waals surface area contributed by atoms with E-state index in [2.05, 4.69) is 34.3 Å². The van der Waals surface area contributed by atoms with Crippen LogP contribution in [-0.2, 0) is 11.2 Å². The Morgan fingerprint density at radius 1 is 1.21 bits per heavy atom. The van der Waals surface area contributed by atoms with Gasteiger partial charge >= 0.3 is 0 Å². The summed E-state index contributed by atoms with van der Waals surface area (Å²) < 4.78 is 0. The van der Waals surface area contributed by atoms with Crippen LogP contribution in [0.3, 0.4) is 0 Å². The molecule has 0 aliphatic carbocycles. The lowest BCUT2D eigenvalue weighted by molar-refractivity contribution is -0.121. The lowest BCUT2D eigenvalue weighted by atomic mass is 10.1. The molecule has 0 saturated heterocycles.